The predicted molar refractivity (Wildman–Crippen MR) is 101 cm³/mol. The molecule has 0 aliphatic heterocycles. The first kappa shape index (κ1) is 17.5. The van der Waals surface area contributed by atoms with E-state index >= 15 is 0 Å². The SMILES string of the molecule is C=CCn1c(SCC(=O)Nc2ccc(Cl)cc2F)nc2ccccc21. The summed E-state index contributed by atoms with van der Waals surface area (Å²) < 4.78 is 15.7. The van der Waals surface area contributed by atoms with Gasteiger partial charge < -0.3 is 9.88 Å². The van der Waals surface area contributed by atoms with E-state index in [4.69, 9.17) is 11.6 Å². The minimum atomic E-state index is -0.565. The molecule has 1 N–H and O–H groups in total. The zero-order valence-corrected chi connectivity index (χ0v) is 14.8. The summed E-state index contributed by atoms with van der Waals surface area (Å²) in [5, 5.41) is 3.54. The number of imidazole rings is 1. The van der Waals surface area contributed by atoms with E-state index in [1.807, 2.05) is 28.8 Å². The molecule has 3 aromatic rings. The number of aromatic nitrogens is 2. The number of anilines is 1. The summed E-state index contributed by atoms with van der Waals surface area (Å²) >= 11 is 7.00. The molecule has 0 aliphatic rings. The number of nitrogens with one attached hydrogen (secondary N) is 1. The van der Waals surface area contributed by atoms with Gasteiger partial charge in [-0.25, -0.2) is 9.37 Å². The molecule has 0 radical (unpaired) electrons. The number of nitrogens with zero attached hydrogens (tertiary/aromatic N) is 2. The van der Waals surface area contributed by atoms with Crippen LogP contribution in [-0.2, 0) is 11.3 Å². The van der Waals surface area contributed by atoms with Crippen molar-refractivity contribution in [1.29, 1.82) is 0 Å². The van der Waals surface area contributed by atoms with Gasteiger partial charge in [0.05, 0.1) is 22.5 Å². The highest BCUT2D eigenvalue weighted by molar-refractivity contribution is 7.99. The van der Waals surface area contributed by atoms with Gasteiger partial charge in [-0.1, -0.05) is 41.6 Å². The molecule has 128 valence electrons. The summed E-state index contributed by atoms with van der Waals surface area (Å²) in [6.45, 7) is 4.36. The fourth-order valence-corrected chi connectivity index (χ4v) is 3.36. The van der Waals surface area contributed by atoms with Gasteiger partial charge in [-0.05, 0) is 30.3 Å². The number of carbonyl (C=O) groups excluding carboxylic acids is 1. The molecule has 0 saturated carbocycles. The summed E-state index contributed by atoms with van der Waals surface area (Å²) in [4.78, 5) is 16.7. The second-order valence-electron chi connectivity index (χ2n) is 5.24. The fourth-order valence-electron chi connectivity index (χ4n) is 2.38. The van der Waals surface area contributed by atoms with Gasteiger partial charge in [0.2, 0.25) is 5.91 Å². The number of amides is 1. The number of carbonyl (C=O) groups is 1. The highest BCUT2D eigenvalue weighted by Gasteiger charge is 2.13. The quantitative estimate of drug-likeness (QED) is 0.499. The van der Waals surface area contributed by atoms with Crippen LogP contribution in [-0.4, -0.2) is 21.2 Å². The summed E-state index contributed by atoms with van der Waals surface area (Å²) in [5.41, 5.74) is 1.94. The van der Waals surface area contributed by atoms with E-state index in [2.05, 4.69) is 16.9 Å². The number of benzene rings is 2. The summed E-state index contributed by atoms with van der Waals surface area (Å²) in [7, 11) is 0. The van der Waals surface area contributed by atoms with Crippen LogP contribution in [0.1, 0.15) is 0 Å². The van der Waals surface area contributed by atoms with Crippen LogP contribution >= 0.6 is 23.4 Å². The maximum absolute atomic E-state index is 13.7. The molecule has 4 nitrogen and oxygen atoms in total. The minimum Gasteiger partial charge on any atom is -0.323 e. The number of allylic oxidation sites excluding steroid dienone is 1. The molecule has 0 spiro atoms. The van der Waals surface area contributed by atoms with Crippen LogP contribution in [0.5, 0.6) is 0 Å². The maximum Gasteiger partial charge on any atom is 0.234 e. The molecule has 3 rings (SSSR count). The molecule has 0 saturated heterocycles. The van der Waals surface area contributed by atoms with E-state index in [-0.39, 0.29) is 22.4 Å². The van der Waals surface area contributed by atoms with Gasteiger partial charge in [0.25, 0.3) is 0 Å². The molecule has 1 heterocycles. The van der Waals surface area contributed by atoms with E-state index < -0.39 is 5.82 Å². The lowest BCUT2D eigenvalue weighted by Crippen LogP contribution is -2.15. The van der Waals surface area contributed by atoms with Crippen LogP contribution < -0.4 is 5.32 Å². The van der Waals surface area contributed by atoms with E-state index in [1.165, 1.54) is 23.9 Å². The van der Waals surface area contributed by atoms with Gasteiger partial charge in [-0.3, -0.25) is 4.79 Å². The highest BCUT2D eigenvalue weighted by Crippen LogP contribution is 2.25. The Hall–Kier alpha value is -2.31. The molecule has 0 unspecified atom stereocenters. The Morgan fingerprint density at radius 3 is 2.92 bits per heavy atom. The average molecular weight is 376 g/mol. The number of fused-ring (bicyclic) bond motifs is 1. The number of hydrogen-bond acceptors (Lipinski definition) is 3. The average Bonchev–Trinajstić information content (AvgIpc) is 2.94. The van der Waals surface area contributed by atoms with Crippen molar-refractivity contribution >= 4 is 46.0 Å². The van der Waals surface area contributed by atoms with Gasteiger partial charge in [-0.2, -0.15) is 0 Å². The number of halogens is 2. The van der Waals surface area contributed by atoms with Crippen molar-refractivity contribution in [3.05, 3.63) is 66.0 Å². The molecule has 0 bridgehead atoms. The molecule has 2 aromatic carbocycles. The number of hydrogen-bond donors (Lipinski definition) is 1. The minimum absolute atomic E-state index is 0.106. The van der Waals surface area contributed by atoms with Crippen LogP contribution in [0.15, 0.2) is 60.3 Å². The van der Waals surface area contributed by atoms with Gasteiger partial charge >= 0.3 is 0 Å². The Balaban J connectivity index is 1.72. The van der Waals surface area contributed by atoms with Crippen LogP contribution in [0.4, 0.5) is 10.1 Å². The second-order valence-corrected chi connectivity index (χ2v) is 6.62. The highest BCUT2D eigenvalue weighted by atomic mass is 35.5. The standard InChI is InChI=1S/C18H15ClFN3OS/c1-2-9-23-16-6-4-3-5-15(16)22-18(23)25-11-17(24)21-14-8-7-12(19)10-13(14)20/h2-8,10H,1,9,11H2,(H,21,24). The first-order valence-electron chi connectivity index (χ1n) is 7.52. The monoisotopic (exact) mass is 375 g/mol. The molecule has 1 amide bonds. The van der Waals surface area contributed by atoms with Crippen molar-refractivity contribution in [1.82, 2.24) is 9.55 Å². The molecule has 7 heteroatoms. The normalized spacial score (nSPS) is 10.8. The third kappa shape index (κ3) is 4.03. The predicted octanol–water partition coefficient (Wildman–Crippen LogP) is 4.75. The van der Waals surface area contributed by atoms with Gasteiger partial charge in [-0.15, -0.1) is 6.58 Å². The second kappa shape index (κ2) is 7.72. The van der Waals surface area contributed by atoms with Crippen LogP contribution in [0.3, 0.4) is 0 Å². The Bertz CT molecular complexity index is 941. The third-order valence-corrected chi connectivity index (χ3v) is 4.68. The number of thioether (sulfide) groups is 1. The van der Waals surface area contributed by atoms with E-state index in [9.17, 15) is 9.18 Å². The zero-order valence-electron chi connectivity index (χ0n) is 13.2. The molecular formula is C18H15ClFN3OS. The molecular weight excluding hydrogens is 361 g/mol. The Labute approximate surface area is 153 Å². The lowest BCUT2D eigenvalue weighted by molar-refractivity contribution is -0.113. The van der Waals surface area contributed by atoms with Crippen molar-refractivity contribution in [2.45, 2.75) is 11.7 Å². The molecule has 0 fully saturated rings. The topological polar surface area (TPSA) is 46.9 Å². The zero-order chi connectivity index (χ0) is 17.8. The van der Waals surface area contributed by atoms with Crippen molar-refractivity contribution in [3.8, 4) is 0 Å². The van der Waals surface area contributed by atoms with E-state index in [0.717, 1.165) is 17.1 Å². The van der Waals surface area contributed by atoms with Crippen LogP contribution in [0, 0.1) is 5.82 Å². The summed E-state index contributed by atoms with van der Waals surface area (Å²) in [6, 6.07) is 11.9. The summed E-state index contributed by atoms with van der Waals surface area (Å²) in [6.07, 6.45) is 1.78. The van der Waals surface area contributed by atoms with Gasteiger partial charge in [0.1, 0.15) is 5.82 Å². The molecule has 25 heavy (non-hydrogen) atoms. The number of rotatable bonds is 6. The van der Waals surface area contributed by atoms with Crippen molar-refractivity contribution in [2.24, 2.45) is 0 Å². The smallest absolute Gasteiger partial charge is 0.234 e. The van der Waals surface area contributed by atoms with E-state index in [0.29, 0.717) is 11.7 Å². The number of para-hydroxylation sites is 2. The van der Waals surface area contributed by atoms with Crippen molar-refractivity contribution in [3.63, 3.8) is 0 Å². The van der Waals surface area contributed by atoms with Gasteiger partial charge in [0, 0.05) is 11.6 Å². The van der Waals surface area contributed by atoms with Gasteiger partial charge in [0.15, 0.2) is 5.16 Å². The fraction of sp³-hybridized carbons (Fsp3) is 0.111. The lowest BCUT2D eigenvalue weighted by atomic mass is 10.3. The Kier molecular flexibility index (Phi) is 5.40. The maximum atomic E-state index is 13.7. The molecule has 0 atom stereocenters. The van der Waals surface area contributed by atoms with Crippen molar-refractivity contribution in [2.75, 3.05) is 11.1 Å². The third-order valence-electron chi connectivity index (χ3n) is 3.47. The first-order valence-corrected chi connectivity index (χ1v) is 8.88. The molecule has 0 aliphatic carbocycles. The summed E-state index contributed by atoms with van der Waals surface area (Å²) in [5.74, 6) is -0.768. The molecule has 1 aromatic heterocycles. The van der Waals surface area contributed by atoms with Crippen molar-refractivity contribution < 1.29 is 9.18 Å². The van der Waals surface area contributed by atoms with E-state index in [1.54, 1.807) is 6.08 Å². The Morgan fingerprint density at radius 2 is 2.16 bits per heavy atom. The Morgan fingerprint density at radius 1 is 1.36 bits per heavy atom. The first-order chi connectivity index (χ1) is 12.1. The lowest BCUT2D eigenvalue weighted by Gasteiger charge is -2.08. The van der Waals surface area contributed by atoms with Crippen LogP contribution in [0.25, 0.3) is 11.0 Å². The van der Waals surface area contributed by atoms with Crippen LogP contribution in [0.2, 0.25) is 5.02 Å². The largest absolute Gasteiger partial charge is 0.323 e.